The van der Waals surface area contributed by atoms with Crippen LogP contribution in [0.1, 0.15) is 18.2 Å². The van der Waals surface area contributed by atoms with Crippen molar-refractivity contribution >= 4 is 11.6 Å². The molecule has 2 aromatic rings. The Bertz CT molecular complexity index is 628. The van der Waals surface area contributed by atoms with Gasteiger partial charge in [0.25, 0.3) is 0 Å². The average Bonchev–Trinajstić information content (AvgIpc) is 2.70. The number of aliphatic hydroxyl groups is 1. The van der Waals surface area contributed by atoms with E-state index in [0.29, 0.717) is 29.8 Å². The van der Waals surface area contributed by atoms with E-state index in [4.69, 9.17) is 11.6 Å². The predicted molar refractivity (Wildman–Crippen MR) is 63.7 cm³/mol. The molecule has 0 saturated carbocycles. The highest BCUT2D eigenvalue weighted by Crippen LogP contribution is 2.26. The van der Waals surface area contributed by atoms with E-state index in [1.807, 2.05) is 0 Å². The summed E-state index contributed by atoms with van der Waals surface area (Å²) < 4.78 is 40.7. The largest absolute Gasteiger partial charge is 0.391 e. The molecule has 0 aliphatic rings. The zero-order valence-corrected chi connectivity index (χ0v) is 10.7. The summed E-state index contributed by atoms with van der Waals surface area (Å²) in [6.45, 7) is 1.41. The molecule has 0 radical (unpaired) electrons. The van der Waals surface area contributed by atoms with E-state index in [-0.39, 0.29) is 17.4 Å². The smallest absolute Gasteiger partial charge is 0.161 e. The summed E-state index contributed by atoms with van der Waals surface area (Å²) in [5, 5.41) is 13.2. The molecule has 3 nitrogen and oxygen atoms in total. The zero-order chi connectivity index (χ0) is 14.2. The van der Waals surface area contributed by atoms with Crippen LogP contribution in [0, 0.1) is 17.5 Å². The van der Waals surface area contributed by atoms with Crippen molar-refractivity contribution < 1.29 is 18.3 Å². The highest BCUT2D eigenvalue weighted by Gasteiger charge is 2.19. The van der Waals surface area contributed by atoms with Crippen molar-refractivity contribution in [3.63, 3.8) is 0 Å². The zero-order valence-electron chi connectivity index (χ0n) is 9.92. The molecule has 0 unspecified atom stereocenters. The summed E-state index contributed by atoms with van der Waals surface area (Å²) >= 11 is 5.96. The number of halogens is 4. The molecule has 0 saturated heterocycles. The number of hydrogen-bond donors (Lipinski definition) is 1. The second-order valence-electron chi connectivity index (χ2n) is 3.86. The molecule has 2 rings (SSSR count). The van der Waals surface area contributed by atoms with Gasteiger partial charge in [0.05, 0.1) is 12.3 Å². The molecule has 7 heteroatoms. The van der Waals surface area contributed by atoms with Crippen molar-refractivity contribution in [1.29, 1.82) is 0 Å². The third kappa shape index (κ3) is 2.33. The van der Waals surface area contributed by atoms with Gasteiger partial charge in [-0.2, -0.15) is 5.10 Å². The van der Waals surface area contributed by atoms with Crippen LogP contribution in [-0.2, 0) is 13.0 Å². The molecule has 102 valence electrons. The first-order valence-corrected chi connectivity index (χ1v) is 5.89. The van der Waals surface area contributed by atoms with E-state index < -0.39 is 17.5 Å². The van der Waals surface area contributed by atoms with Crippen LogP contribution in [0.5, 0.6) is 0 Å². The van der Waals surface area contributed by atoms with Gasteiger partial charge < -0.3 is 5.11 Å². The molecule has 0 atom stereocenters. The van der Waals surface area contributed by atoms with Crippen LogP contribution in [-0.4, -0.2) is 14.9 Å². The summed E-state index contributed by atoms with van der Waals surface area (Å²) in [5.74, 6) is -3.48. The number of rotatable bonds is 3. The van der Waals surface area contributed by atoms with Gasteiger partial charge in [-0.25, -0.2) is 17.9 Å². The summed E-state index contributed by atoms with van der Waals surface area (Å²) in [6.07, 6.45) is 0.466. The maximum absolute atomic E-state index is 13.7. The molecule has 1 aromatic carbocycles. The molecule has 0 fully saturated rings. The second-order valence-corrected chi connectivity index (χ2v) is 4.22. The molecule has 0 bridgehead atoms. The molecular weight excluding hydrogens is 281 g/mol. The second kappa shape index (κ2) is 5.22. The minimum absolute atomic E-state index is 0.0238. The Balaban J connectivity index is 2.65. The molecule has 0 spiro atoms. The average molecular weight is 291 g/mol. The van der Waals surface area contributed by atoms with E-state index in [1.165, 1.54) is 0 Å². The Morgan fingerprint density at radius 2 is 1.84 bits per heavy atom. The van der Waals surface area contributed by atoms with Crippen molar-refractivity contribution in [2.45, 2.75) is 20.0 Å². The fourth-order valence-corrected chi connectivity index (χ4v) is 2.04. The molecule has 1 aromatic heterocycles. The number of aryl methyl sites for hydroxylation is 1. The van der Waals surface area contributed by atoms with Crippen molar-refractivity contribution in [1.82, 2.24) is 9.78 Å². The van der Waals surface area contributed by atoms with Gasteiger partial charge in [0.1, 0.15) is 10.8 Å². The topological polar surface area (TPSA) is 38.0 Å². The first-order valence-electron chi connectivity index (χ1n) is 5.51. The fraction of sp³-hybridized carbons (Fsp3) is 0.250. The molecule has 0 amide bonds. The Kier molecular flexibility index (Phi) is 3.82. The molecule has 19 heavy (non-hydrogen) atoms. The standard InChI is InChI=1S/C12H10ClF3N2O/c1-2-10-6(5-19)12(13)18(17-10)11-4-8(15)7(14)3-9(11)16/h3-4,19H,2,5H2,1H3. The van der Waals surface area contributed by atoms with Gasteiger partial charge in [-0.3, -0.25) is 0 Å². The van der Waals surface area contributed by atoms with Crippen LogP contribution in [0.15, 0.2) is 12.1 Å². The normalized spacial score (nSPS) is 11.1. The van der Waals surface area contributed by atoms with E-state index in [9.17, 15) is 18.3 Å². The minimum atomic E-state index is -1.29. The van der Waals surface area contributed by atoms with Crippen molar-refractivity contribution in [2.75, 3.05) is 0 Å². The maximum atomic E-state index is 13.7. The van der Waals surface area contributed by atoms with Crippen LogP contribution < -0.4 is 0 Å². The van der Waals surface area contributed by atoms with Crippen LogP contribution in [0.3, 0.4) is 0 Å². The first-order chi connectivity index (χ1) is 8.99. The number of nitrogens with zero attached hydrogens (tertiary/aromatic N) is 2. The van der Waals surface area contributed by atoms with Crippen molar-refractivity contribution in [3.05, 3.63) is 46.0 Å². The van der Waals surface area contributed by atoms with Gasteiger partial charge in [0, 0.05) is 17.7 Å². The number of aromatic nitrogens is 2. The van der Waals surface area contributed by atoms with E-state index in [2.05, 4.69) is 5.10 Å². The molecule has 0 aliphatic heterocycles. The lowest BCUT2D eigenvalue weighted by atomic mass is 10.2. The van der Waals surface area contributed by atoms with Gasteiger partial charge >= 0.3 is 0 Å². The quantitative estimate of drug-likeness (QED) is 0.883. The van der Waals surface area contributed by atoms with E-state index >= 15 is 0 Å². The summed E-state index contributed by atoms with van der Waals surface area (Å²) in [4.78, 5) is 0. The van der Waals surface area contributed by atoms with Gasteiger partial charge in [-0.05, 0) is 6.42 Å². The van der Waals surface area contributed by atoms with Gasteiger partial charge in [0.15, 0.2) is 17.5 Å². The Morgan fingerprint density at radius 3 is 2.37 bits per heavy atom. The molecule has 1 heterocycles. The first kappa shape index (κ1) is 13.9. The SMILES string of the molecule is CCc1nn(-c2cc(F)c(F)cc2F)c(Cl)c1CO. The fourth-order valence-electron chi connectivity index (χ4n) is 1.75. The predicted octanol–water partition coefficient (Wildman–Crippen LogP) is 3.00. The molecular formula is C12H10ClF3N2O. The van der Waals surface area contributed by atoms with E-state index in [1.54, 1.807) is 6.92 Å². The lowest BCUT2D eigenvalue weighted by Gasteiger charge is -2.05. The van der Waals surface area contributed by atoms with Crippen LogP contribution in [0.4, 0.5) is 13.2 Å². The molecule has 0 aliphatic carbocycles. The Labute approximate surface area is 112 Å². The van der Waals surface area contributed by atoms with Gasteiger partial charge in [-0.15, -0.1) is 0 Å². The monoisotopic (exact) mass is 290 g/mol. The minimum Gasteiger partial charge on any atom is -0.391 e. The maximum Gasteiger partial charge on any atom is 0.161 e. The van der Waals surface area contributed by atoms with Crippen LogP contribution >= 0.6 is 11.6 Å². The highest BCUT2D eigenvalue weighted by molar-refractivity contribution is 6.30. The summed E-state index contributed by atoms with van der Waals surface area (Å²) in [6, 6.07) is 1.09. The van der Waals surface area contributed by atoms with Crippen LogP contribution in [0.25, 0.3) is 5.69 Å². The van der Waals surface area contributed by atoms with Crippen molar-refractivity contribution in [3.8, 4) is 5.69 Å². The van der Waals surface area contributed by atoms with Gasteiger partial charge in [-0.1, -0.05) is 18.5 Å². The van der Waals surface area contributed by atoms with Crippen LogP contribution in [0.2, 0.25) is 5.15 Å². The van der Waals surface area contributed by atoms with Crippen molar-refractivity contribution in [2.24, 2.45) is 0 Å². The van der Waals surface area contributed by atoms with E-state index in [0.717, 1.165) is 4.68 Å². The number of aliphatic hydroxyl groups excluding tert-OH is 1. The van der Waals surface area contributed by atoms with Gasteiger partial charge in [0.2, 0.25) is 0 Å². The Hall–Kier alpha value is -1.53. The Morgan fingerprint density at radius 1 is 1.21 bits per heavy atom. The lowest BCUT2D eigenvalue weighted by Crippen LogP contribution is -2.03. The third-order valence-electron chi connectivity index (χ3n) is 2.71. The third-order valence-corrected chi connectivity index (χ3v) is 3.10. The number of benzene rings is 1. The summed E-state index contributed by atoms with van der Waals surface area (Å²) in [5.41, 5.74) is 0.503. The summed E-state index contributed by atoms with van der Waals surface area (Å²) in [7, 11) is 0. The number of hydrogen-bond acceptors (Lipinski definition) is 2. The highest BCUT2D eigenvalue weighted by atomic mass is 35.5. The molecule has 1 N–H and O–H groups in total. The lowest BCUT2D eigenvalue weighted by molar-refractivity contribution is 0.281.